The monoisotopic (exact) mass is 305 g/mol. The number of ketones is 1. The SMILES string of the molecule is CC[NH+](CC)CC#CC[NH+]1C[C@@](C)(CCC#N)C(=O)C[C@@H]1C. The molecule has 1 aliphatic heterocycles. The highest BCUT2D eigenvalue weighted by Crippen LogP contribution is 2.27. The first kappa shape index (κ1) is 18.7. The third-order valence-corrected chi connectivity index (χ3v) is 5.05. The number of rotatable bonds is 6. The van der Waals surface area contributed by atoms with Crippen LogP contribution in [0.25, 0.3) is 0 Å². The molecule has 1 aliphatic rings. The smallest absolute Gasteiger partial charge is 0.150 e. The lowest BCUT2D eigenvalue weighted by molar-refractivity contribution is -0.924. The Morgan fingerprint density at radius 2 is 2.05 bits per heavy atom. The van der Waals surface area contributed by atoms with Crippen molar-refractivity contribution in [2.75, 3.05) is 32.7 Å². The summed E-state index contributed by atoms with van der Waals surface area (Å²) >= 11 is 0. The van der Waals surface area contributed by atoms with Gasteiger partial charge in [0.25, 0.3) is 0 Å². The number of nitrogens with zero attached hydrogens (tertiary/aromatic N) is 1. The fourth-order valence-electron chi connectivity index (χ4n) is 3.10. The third-order valence-electron chi connectivity index (χ3n) is 5.05. The Kier molecular flexibility index (Phi) is 7.59. The molecule has 4 nitrogen and oxygen atoms in total. The number of hydrogen-bond acceptors (Lipinski definition) is 2. The minimum Gasteiger partial charge on any atom is -0.325 e. The Balaban J connectivity index is 2.61. The average Bonchev–Trinajstić information content (AvgIpc) is 2.50. The zero-order valence-corrected chi connectivity index (χ0v) is 14.6. The van der Waals surface area contributed by atoms with Crippen molar-refractivity contribution in [3.63, 3.8) is 0 Å². The van der Waals surface area contributed by atoms with Gasteiger partial charge in [-0.15, -0.1) is 0 Å². The maximum Gasteiger partial charge on any atom is 0.150 e. The molecule has 0 spiro atoms. The minimum absolute atomic E-state index is 0.319. The number of Topliss-reactive ketones (excluding diaryl/α,β-unsaturated/α-hetero) is 1. The molecule has 0 amide bonds. The Labute approximate surface area is 135 Å². The Morgan fingerprint density at radius 1 is 1.36 bits per heavy atom. The highest BCUT2D eigenvalue weighted by atomic mass is 16.1. The van der Waals surface area contributed by atoms with E-state index >= 15 is 0 Å². The molecule has 0 aromatic carbocycles. The van der Waals surface area contributed by atoms with E-state index in [0.717, 1.165) is 32.7 Å². The number of quaternary nitrogens is 2. The second kappa shape index (κ2) is 8.93. The van der Waals surface area contributed by atoms with Gasteiger partial charge in [0.05, 0.1) is 43.6 Å². The lowest BCUT2D eigenvalue weighted by Gasteiger charge is -2.39. The molecule has 0 aromatic heterocycles. The maximum absolute atomic E-state index is 12.3. The van der Waals surface area contributed by atoms with Crippen molar-refractivity contribution in [2.45, 2.75) is 53.0 Å². The van der Waals surface area contributed by atoms with E-state index in [1.54, 1.807) is 0 Å². The highest BCUT2D eigenvalue weighted by Gasteiger charge is 2.43. The van der Waals surface area contributed by atoms with Gasteiger partial charge in [-0.2, -0.15) is 5.26 Å². The number of nitrogens with one attached hydrogen (secondary N) is 2. The number of carbonyl (C=O) groups excluding carboxylic acids is 1. The zero-order valence-electron chi connectivity index (χ0n) is 14.6. The molecule has 1 heterocycles. The van der Waals surface area contributed by atoms with E-state index in [1.807, 2.05) is 6.92 Å². The van der Waals surface area contributed by atoms with Crippen molar-refractivity contribution < 1.29 is 14.6 Å². The number of likely N-dealkylation sites (tertiary alicyclic amines) is 1. The van der Waals surface area contributed by atoms with Gasteiger partial charge in [-0.1, -0.05) is 0 Å². The van der Waals surface area contributed by atoms with Gasteiger partial charge in [-0.3, -0.25) is 4.79 Å². The van der Waals surface area contributed by atoms with Crippen molar-refractivity contribution in [3.05, 3.63) is 0 Å². The number of hydrogen-bond donors (Lipinski definition) is 2. The van der Waals surface area contributed by atoms with Gasteiger partial charge in [0.1, 0.15) is 18.9 Å². The number of piperidine rings is 1. The molecule has 0 aliphatic carbocycles. The number of carbonyl (C=O) groups is 1. The van der Waals surface area contributed by atoms with Gasteiger partial charge in [0.15, 0.2) is 0 Å². The summed E-state index contributed by atoms with van der Waals surface area (Å²) in [6.07, 6.45) is 1.75. The predicted octanol–water partition coefficient (Wildman–Crippen LogP) is -0.529. The molecular formula is C18H31N3O+2. The van der Waals surface area contributed by atoms with E-state index in [9.17, 15) is 4.79 Å². The molecule has 0 aromatic rings. The van der Waals surface area contributed by atoms with Crippen molar-refractivity contribution in [3.8, 4) is 17.9 Å². The van der Waals surface area contributed by atoms with E-state index in [4.69, 9.17) is 5.26 Å². The maximum atomic E-state index is 12.3. The van der Waals surface area contributed by atoms with E-state index in [2.05, 4.69) is 38.7 Å². The van der Waals surface area contributed by atoms with Crippen LogP contribution in [0.5, 0.6) is 0 Å². The van der Waals surface area contributed by atoms with Crippen LogP contribution in [0.1, 0.15) is 47.0 Å². The molecule has 0 radical (unpaired) electrons. The molecule has 22 heavy (non-hydrogen) atoms. The van der Waals surface area contributed by atoms with Gasteiger partial charge in [0, 0.05) is 6.42 Å². The molecule has 1 fully saturated rings. The second-order valence-electron chi connectivity index (χ2n) is 6.75. The molecular weight excluding hydrogens is 274 g/mol. The number of nitriles is 1. The molecule has 1 saturated heterocycles. The first-order chi connectivity index (χ1) is 10.5. The van der Waals surface area contributed by atoms with Crippen molar-refractivity contribution >= 4 is 5.78 Å². The fraction of sp³-hybridized carbons (Fsp3) is 0.778. The third kappa shape index (κ3) is 5.13. The highest BCUT2D eigenvalue weighted by molar-refractivity contribution is 5.85. The van der Waals surface area contributed by atoms with Crippen LogP contribution in [-0.2, 0) is 4.79 Å². The topological polar surface area (TPSA) is 49.7 Å². The van der Waals surface area contributed by atoms with Crippen LogP contribution < -0.4 is 9.80 Å². The molecule has 3 atom stereocenters. The molecule has 2 N–H and O–H groups in total. The molecule has 1 unspecified atom stereocenters. The van der Waals surface area contributed by atoms with Crippen LogP contribution >= 0.6 is 0 Å². The molecule has 4 heteroatoms. The first-order valence-electron chi connectivity index (χ1n) is 8.51. The summed E-state index contributed by atoms with van der Waals surface area (Å²) in [6.45, 7) is 13.3. The Hall–Kier alpha value is -1.36. The summed E-state index contributed by atoms with van der Waals surface area (Å²) in [5.74, 6) is 6.92. The quantitative estimate of drug-likeness (QED) is 0.648. The molecule has 0 bridgehead atoms. The summed E-state index contributed by atoms with van der Waals surface area (Å²) < 4.78 is 0. The summed E-state index contributed by atoms with van der Waals surface area (Å²) in [4.78, 5) is 15.2. The standard InChI is InChI=1S/C18H29N3O/c1-5-20(6-2)12-7-8-13-21-15-18(4,10-9-11-19)17(22)14-16(21)3/h16H,5-6,9-10,12-15H2,1-4H3/p+2/t16-,18+/m0/s1. The van der Waals surface area contributed by atoms with Crippen LogP contribution in [0.3, 0.4) is 0 Å². The lowest BCUT2D eigenvalue weighted by Crippen LogP contribution is -3.18. The molecule has 1 rings (SSSR count). The van der Waals surface area contributed by atoms with Gasteiger partial charge in [0.2, 0.25) is 0 Å². The Morgan fingerprint density at radius 3 is 2.64 bits per heavy atom. The van der Waals surface area contributed by atoms with E-state index in [1.165, 1.54) is 9.80 Å². The average molecular weight is 305 g/mol. The van der Waals surface area contributed by atoms with Crippen LogP contribution in [0, 0.1) is 28.6 Å². The zero-order chi connectivity index (χ0) is 16.6. The predicted molar refractivity (Wildman–Crippen MR) is 87.4 cm³/mol. The van der Waals surface area contributed by atoms with E-state index in [-0.39, 0.29) is 5.41 Å². The first-order valence-corrected chi connectivity index (χ1v) is 8.51. The van der Waals surface area contributed by atoms with E-state index in [0.29, 0.717) is 31.1 Å². The van der Waals surface area contributed by atoms with Gasteiger partial charge in [-0.25, -0.2) is 0 Å². The largest absolute Gasteiger partial charge is 0.325 e. The van der Waals surface area contributed by atoms with Crippen molar-refractivity contribution in [1.82, 2.24) is 0 Å². The van der Waals surface area contributed by atoms with Crippen LogP contribution in [0.2, 0.25) is 0 Å². The summed E-state index contributed by atoms with van der Waals surface area (Å²) in [5.41, 5.74) is -0.344. The van der Waals surface area contributed by atoms with Gasteiger partial charge in [-0.05, 0) is 46.0 Å². The molecule has 0 saturated carbocycles. The minimum atomic E-state index is -0.344. The molecule has 122 valence electrons. The summed E-state index contributed by atoms with van der Waals surface area (Å²) in [6, 6.07) is 2.50. The Bertz CT molecular complexity index is 467. The van der Waals surface area contributed by atoms with Gasteiger partial charge >= 0.3 is 0 Å². The van der Waals surface area contributed by atoms with Crippen molar-refractivity contribution in [2.24, 2.45) is 5.41 Å². The lowest BCUT2D eigenvalue weighted by atomic mass is 9.75. The normalized spacial score (nSPS) is 28.1. The van der Waals surface area contributed by atoms with Crippen molar-refractivity contribution in [1.29, 1.82) is 5.26 Å². The summed E-state index contributed by atoms with van der Waals surface area (Å²) in [5, 5.41) is 8.79. The summed E-state index contributed by atoms with van der Waals surface area (Å²) in [7, 11) is 0. The van der Waals surface area contributed by atoms with Gasteiger partial charge < -0.3 is 9.80 Å². The van der Waals surface area contributed by atoms with Crippen LogP contribution in [-0.4, -0.2) is 44.5 Å². The van der Waals surface area contributed by atoms with Crippen LogP contribution in [0.4, 0.5) is 0 Å². The second-order valence-corrected chi connectivity index (χ2v) is 6.75. The van der Waals surface area contributed by atoms with E-state index < -0.39 is 0 Å². The fourth-order valence-corrected chi connectivity index (χ4v) is 3.10. The van der Waals surface area contributed by atoms with Crippen LogP contribution in [0.15, 0.2) is 0 Å².